The van der Waals surface area contributed by atoms with E-state index in [0.29, 0.717) is 0 Å². The van der Waals surface area contributed by atoms with Crippen LogP contribution in [0.5, 0.6) is 0 Å². The van der Waals surface area contributed by atoms with E-state index in [2.05, 4.69) is 51.5 Å². The molecule has 0 aliphatic heterocycles. The Hall–Kier alpha value is -0.530. The number of nitrogens with zero attached hydrogens (tertiary/aromatic N) is 1. The largest absolute Gasteiger partial charge is 1.00 e. The number of quaternary nitrogens is 1. The minimum Gasteiger partial charge on any atom is -1.00 e. The summed E-state index contributed by atoms with van der Waals surface area (Å²) in [6, 6.07) is 10.9. The van der Waals surface area contributed by atoms with Crippen LogP contribution >= 0.6 is 0 Å². The van der Waals surface area contributed by atoms with E-state index in [0.717, 1.165) is 4.48 Å². The van der Waals surface area contributed by atoms with Crippen LogP contribution in [0.2, 0.25) is 0 Å². The van der Waals surface area contributed by atoms with Crippen LogP contribution in [0.1, 0.15) is 115 Å². The van der Waals surface area contributed by atoms with E-state index in [1.807, 2.05) is 0 Å². The molecule has 1 rings (SSSR count). The summed E-state index contributed by atoms with van der Waals surface area (Å²) in [6.45, 7) is 1.33. The minimum atomic E-state index is 0. The monoisotopic (exact) mass is 437 g/mol. The molecule has 0 atom stereocenters. The van der Waals surface area contributed by atoms with Gasteiger partial charge in [-0.3, -0.25) is 0 Å². The Morgan fingerprint density at radius 2 is 0.800 bits per heavy atom. The van der Waals surface area contributed by atoms with Crippen LogP contribution < -0.4 is 12.4 Å². The van der Waals surface area contributed by atoms with Crippen LogP contribution in [-0.2, 0) is 6.42 Å². The lowest BCUT2D eigenvalue weighted by Gasteiger charge is -2.23. The molecule has 0 saturated carbocycles. The number of hydrogen-bond donors (Lipinski definition) is 0. The van der Waals surface area contributed by atoms with Crippen LogP contribution in [0.25, 0.3) is 0 Å². The average Bonchev–Trinajstić information content (AvgIpc) is 2.69. The second kappa shape index (κ2) is 20.4. The molecule has 30 heavy (non-hydrogen) atoms. The number of hydrogen-bond acceptors (Lipinski definition) is 0. The van der Waals surface area contributed by atoms with Gasteiger partial charge in [-0.15, -0.1) is 0 Å². The van der Waals surface area contributed by atoms with Crippen molar-refractivity contribution in [3.05, 3.63) is 35.9 Å². The van der Waals surface area contributed by atoms with E-state index in [4.69, 9.17) is 0 Å². The lowest BCUT2D eigenvalue weighted by Crippen LogP contribution is -3.00. The highest BCUT2D eigenvalue weighted by Crippen LogP contribution is 2.15. The first kappa shape index (κ1) is 29.5. The van der Waals surface area contributed by atoms with E-state index in [9.17, 15) is 0 Å². The Balaban J connectivity index is 0.00000841. The summed E-state index contributed by atoms with van der Waals surface area (Å²) in [7, 11) is 6.90. The number of unbranched alkanes of at least 4 members (excludes halogenated alkanes) is 16. The number of halogens is 1. The molecule has 2 heteroatoms. The van der Waals surface area contributed by atoms with Crippen molar-refractivity contribution < 1.29 is 16.9 Å². The molecule has 0 fully saturated rings. The number of aryl methyl sites for hydroxylation is 1. The van der Waals surface area contributed by atoms with Gasteiger partial charge in [0, 0.05) is 0 Å². The van der Waals surface area contributed by atoms with Crippen LogP contribution in [-0.4, -0.2) is 32.2 Å². The molecule has 0 heterocycles. The first-order chi connectivity index (χ1) is 14.1. The molecule has 0 spiro atoms. The Morgan fingerprint density at radius 1 is 0.467 bits per heavy atom. The maximum atomic E-state index is 2.30. The fraction of sp³-hybridized carbons (Fsp3) is 0.786. The number of benzene rings is 1. The normalized spacial score (nSPS) is 11.4. The molecule has 0 aromatic heterocycles. The van der Waals surface area contributed by atoms with Crippen molar-refractivity contribution in [1.82, 2.24) is 0 Å². The Kier molecular flexibility index (Phi) is 20.0. The molecule has 0 saturated heterocycles. The lowest BCUT2D eigenvalue weighted by molar-refractivity contribution is -0.870. The second-order valence-electron chi connectivity index (χ2n) is 10.3. The average molecular weight is 438 g/mol. The standard InChI is InChI=1S/C28H52N.ClH/c1-29(2,3)27-23-18-16-14-12-10-8-6-4-5-7-9-11-13-15-17-20-24-28-25-21-19-22-26-28;/h19,21-22,25-26H,4-18,20,23-24,27H2,1-3H3;1H/q+1;/p-1. The van der Waals surface area contributed by atoms with Crippen molar-refractivity contribution in [3.8, 4) is 0 Å². The molecule has 1 aromatic rings. The van der Waals surface area contributed by atoms with E-state index in [-0.39, 0.29) is 12.4 Å². The van der Waals surface area contributed by atoms with Crippen LogP contribution in [0.4, 0.5) is 0 Å². The van der Waals surface area contributed by atoms with Gasteiger partial charge in [0.2, 0.25) is 0 Å². The van der Waals surface area contributed by atoms with Crippen LogP contribution in [0.3, 0.4) is 0 Å². The third kappa shape index (κ3) is 20.7. The van der Waals surface area contributed by atoms with Crippen molar-refractivity contribution in [3.63, 3.8) is 0 Å². The summed E-state index contributed by atoms with van der Waals surface area (Å²) >= 11 is 0. The van der Waals surface area contributed by atoms with E-state index in [1.165, 1.54) is 128 Å². The predicted molar refractivity (Wildman–Crippen MR) is 132 cm³/mol. The third-order valence-electron chi connectivity index (χ3n) is 6.14. The van der Waals surface area contributed by atoms with E-state index in [1.54, 1.807) is 0 Å². The fourth-order valence-electron chi connectivity index (χ4n) is 4.21. The van der Waals surface area contributed by atoms with Gasteiger partial charge in [0.15, 0.2) is 0 Å². The van der Waals surface area contributed by atoms with Gasteiger partial charge in [-0.25, -0.2) is 0 Å². The molecule has 0 aliphatic rings. The first-order valence-corrected chi connectivity index (χ1v) is 12.9. The SMILES string of the molecule is C[N+](C)(C)CCCCCCCCCCCCCCCCCCCc1ccccc1.[Cl-]. The summed E-state index contributed by atoms with van der Waals surface area (Å²) < 4.78 is 1.12. The molecule has 0 N–H and O–H groups in total. The topological polar surface area (TPSA) is 0 Å². The molecular formula is C28H52ClN. The zero-order valence-corrected chi connectivity index (χ0v) is 21.4. The Bertz CT molecular complexity index is 451. The lowest BCUT2D eigenvalue weighted by atomic mass is 10.0. The van der Waals surface area contributed by atoms with E-state index >= 15 is 0 Å². The van der Waals surface area contributed by atoms with Gasteiger partial charge < -0.3 is 16.9 Å². The fourth-order valence-corrected chi connectivity index (χ4v) is 4.21. The summed E-state index contributed by atoms with van der Waals surface area (Å²) in [5, 5.41) is 0. The quantitative estimate of drug-likeness (QED) is 0.185. The van der Waals surface area contributed by atoms with Crippen molar-refractivity contribution >= 4 is 0 Å². The van der Waals surface area contributed by atoms with Gasteiger partial charge in [-0.05, 0) is 31.2 Å². The smallest absolute Gasteiger partial charge is 0.0780 e. The van der Waals surface area contributed by atoms with Gasteiger partial charge in [-0.1, -0.05) is 120 Å². The molecule has 0 bridgehead atoms. The summed E-state index contributed by atoms with van der Waals surface area (Å²) in [5.41, 5.74) is 1.50. The molecule has 0 unspecified atom stereocenters. The highest BCUT2D eigenvalue weighted by molar-refractivity contribution is 5.14. The maximum absolute atomic E-state index is 2.30. The first-order valence-electron chi connectivity index (χ1n) is 12.9. The summed E-state index contributed by atoms with van der Waals surface area (Å²) in [6.07, 6.45) is 25.9. The van der Waals surface area contributed by atoms with Crippen molar-refractivity contribution in [1.29, 1.82) is 0 Å². The predicted octanol–water partition coefficient (Wildman–Crippen LogP) is 5.57. The molecule has 0 aliphatic carbocycles. The van der Waals surface area contributed by atoms with Gasteiger partial charge in [0.25, 0.3) is 0 Å². The van der Waals surface area contributed by atoms with Gasteiger partial charge in [0.1, 0.15) is 0 Å². The zero-order chi connectivity index (χ0) is 21.0. The van der Waals surface area contributed by atoms with Gasteiger partial charge in [0.05, 0.1) is 27.7 Å². The third-order valence-corrected chi connectivity index (χ3v) is 6.14. The van der Waals surface area contributed by atoms with Gasteiger partial charge in [-0.2, -0.15) is 0 Å². The molecule has 0 amide bonds. The van der Waals surface area contributed by atoms with Crippen LogP contribution in [0.15, 0.2) is 30.3 Å². The summed E-state index contributed by atoms with van der Waals surface area (Å²) in [5.74, 6) is 0. The van der Waals surface area contributed by atoms with Crippen LogP contribution in [0, 0.1) is 0 Å². The van der Waals surface area contributed by atoms with Crippen molar-refractivity contribution in [2.24, 2.45) is 0 Å². The molecular weight excluding hydrogens is 386 g/mol. The molecule has 0 radical (unpaired) electrons. The minimum absolute atomic E-state index is 0. The highest BCUT2D eigenvalue weighted by atomic mass is 35.5. The van der Waals surface area contributed by atoms with Crippen molar-refractivity contribution in [2.75, 3.05) is 27.7 Å². The Morgan fingerprint density at radius 3 is 1.17 bits per heavy atom. The van der Waals surface area contributed by atoms with E-state index < -0.39 is 0 Å². The maximum Gasteiger partial charge on any atom is 0.0780 e. The Labute approximate surface area is 196 Å². The molecule has 1 nitrogen and oxygen atoms in total. The summed E-state index contributed by atoms with van der Waals surface area (Å²) in [4.78, 5) is 0. The van der Waals surface area contributed by atoms with Gasteiger partial charge >= 0.3 is 0 Å². The second-order valence-corrected chi connectivity index (χ2v) is 10.3. The number of rotatable bonds is 20. The molecule has 1 aromatic carbocycles. The molecule has 176 valence electrons. The zero-order valence-electron chi connectivity index (χ0n) is 20.6. The highest BCUT2D eigenvalue weighted by Gasteiger charge is 2.05. The van der Waals surface area contributed by atoms with Crippen molar-refractivity contribution in [2.45, 2.75) is 116 Å².